The van der Waals surface area contributed by atoms with Gasteiger partial charge in [0.1, 0.15) is 0 Å². The first-order valence-electron chi connectivity index (χ1n) is 5.89. The van der Waals surface area contributed by atoms with Gasteiger partial charge in [0.15, 0.2) is 6.04 Å². The molecule has 0 spiro atoms. The van der Waals surface area contributed by atoms with Gasteiger partial charge in [0.25, 0.3) is 0 Å². The SMILES string of the molecule is C[C@@H](O)[C@H](NC(=O)CC1=CCCCC1)C(=O)O. The zero-order valence-electron chi connectivity index (χ0n) is 9.98. The quantitative estimate of drug-likeness (QED) is 0.622. The van der Waals surface area contributed by atoms with Crippen LogP contribution in [-0.2, 0) is 9.59 Å². The van der Waals surface area contributed by atoms with Crippen molar-refractivity contribution in [1.29, 1.82) is 0 Å². The largest absolute Gasteiger partial charge is 0.480 e. The van der Waals surface area contributed by atoms with Crippen molar-refractivity contribution in [2.75, 3.05) is 0 Å². The minimum Gasteiger partial charge on any atom is -0.480 e. The number of carboxylic acids is 1. The normalized spacial score (nSPS) is 19.1. The minimum atomic E-state index is -1.23. The van der Waals surface area contributed by atoms with E-state index in [1.54, 1.807) is 0 Å². The molecule has 96 valence electrons. The molecule has 1 amide bonds. The second-order valence-corrected chi connectivity index (χ2v) is 4.41. The van der Waals surface area contributed by atoms with Gasteiger partial charge in [0.2, 0.25) is 5.91 Å². The van der Waals surface area contributed by atoms with Crippen LogP contribution < -0.4 is 5.32 Å². The smallest absolute Gasteiger partial charge is 0.328 e. The summed E-state index contributed by atoms with van der Waals surface area (Å²) in [5.74, 6) is -1.56. The fraction of sp³-hybridized carbons (Fsp3) is 0.667. The first-order valence-corrected chi connectivity index (χ1v) is 5.89. The number of carbonyl (C=O) groups is 2. The molecule has 0 fully saturated rings. The summed E-state index contributed by atoms with van der Waals surface area (Å²) in [4.78, 5) is 22.4. The maximum Gasteiger partial charge on any atom is 0.328 e. The predicted molar refractivity (Wildman–Crippen MR) is 62.4 cm³/mol. The molecular formula is C12H19NO4. The van der Waals surface area contributed by atoms with E-state index in [0.717, 1.165) is 31.3 Å². The number of rotatable bonds is 5. The van der Waals surface area contributed by atoms with E-state index in [9.17, 15) is 14.7 Å². The molecule has 0 saturated heterocycles. The molecule has 1 rings (SSSR count). The van der Waals surface area contributed by atoms with Gasteiger partial charge in [-0.15, -0.1) is 0 Å². The number of hydrogen-bond donors (Lipinski definition) is 3. The van der Waals surface area contributed by atoms with Gasteiger partial charge in [-0.05, 0) is 32.6 Å². The average molecular weight is 241 g/mol. The molecule has 0 unspecified atom stereocenters. The maximum absolute atomic E-state index is 11.6. The molecule has 5 nitrogen and oxygen atoms in total. The lowest BCUT2D eigenvalue weighted by Crippen LogP contribution is -2.47. The summed E-state index contributed by atoms with van der Waals surface area (Å²) in [6, 6.07) is -1.23. The molecule has 0 saturated carbocycles. The summed E-state index contributed by atoms with van der Waals surface area (Å²) < 4.78 is 0. The summed E-state index contributed by atoms with van der Waals surface area (Å²) in [6.45, 7) is 1.35. The van der Waals surface area contributed by atoms with E-state index in [2.05, 4.69) is 5.32 Å². The van der Waals surface area contributed by atoms with Crippen LogP contribution in [0.1, 0.15) is 39.0 Å². The van der Waals surface area contributed by atoms with Crippen LogP contribution in [0.15, 0.2) is 11.6 Å². The van der Waals surface area contributed by atoms with Crippen molar-refractivity contribution in [3.05, 3.63) is 11.6 Å². The van der Waals surface area contributed by atoms with E-state index in [4.69, 9.17) is 5.11 Å². The topological polar surface area (TPSA) is 86.6 Å². The molecule has 0 heterocycles. The molecule has 5 heteroatoms. The van der Waals surface area contributed by atoms with Gasteiger partial charge in [0, 0.05) is 6.42 Å². The van der Waals surface area contributed by atoms with Crippen LogP contribution >= 0.6 is 0 Å². The third-order valence-electron chi connectivity index (χ3n) is 2.84. The van der Waals surface area contributed by atoms with Crippen molar-refractivity contribution in [3.8, 4) is 0 Å². The van der Waals surface area contributed by atoms with Gasteiger partial charge in [-0.3, -0.25) is 4.79 Å². The van der Waals surface area contributed by atoms with Crippen molar-refractivity contribution < 1.29 is 19.8 Å². The fourth-order valence-electron chi connectivity index (χ4n) is 1.88. The van der Waals surface area contributed by atoms with Crippen molar-refractivity contribution >= 4 is 11.9 Å². The number of allylic oxidation sites excluding steroid dienone is 1. The van der Waals surface area contributed by atoms with E-state index in [1.807, 2.05) is 6.08 Å². The van der Waals surface area contributed by atoms with Crippen LogP contribution in [-0.4, -0.2) is 34.2 Å². The number of nitrogens with one attached hydrogen (secondary N) is 1. The Morgan fingerprint density at radius 1 is 1.47 bits per heavy atom. The number of aliphatic hydroxyl groups excluding tert-OH is 1. The van der Waals surface area contributed by atoms with Gasteiger partial charge in [-0.25, -0.2) is 4.79 Å². The summed E-state index contributed by atoms with van der Waals surface area (Å²) in [5.41, 5.74) is 1.06. The van der Waals surface area contributed by atoms with Gasteiger partial charge in [-0.1, -0.05) is 11.6 Å². The Morgan fingerprint density at radius 2 is 2.18 bits per heavy atom. The van der Waals surface area contributed by atoms with Gasteiger partial charge >= 0.3 is 5.97 Å². The number of aliphatic carboxylic acids is 1. The van der Waals surface area contributed by atoms with Crippen molar-refractivity contribution in [1.82, 2.24) is 5.32 Å². The standard InChI is InChI=1S/C12H19NO4/c1-8(14)11(12(16)17)13-10(15)7-9-5-3-2-4-6-9/h5,8,11,14H,2-4,6-7H2,1H3,(H,13,15)(H,16,17)/t8-,11+/m1/s1. The van der Waals surface area contributed by atoms with E-state index in [-0.39, 0.29) is 12.3 Å². The Balaban J connectivity index is 2.47. The van der Waals surface area contributed by atoms with Crippen molar-refractivity contribution in [2.45, 2.75) is 51.2 Å². The second kappa shape index (κ2) is 6.39. The van der Waals surface area contributed by atoms with Crippen LogP contribution in [0, 0.1) is 0 Å². The highest BCUT2D eigenvalue weighted by Crippen LogP contribution is 2.19. The number of amides is 1. The molecular weight excluding hydrogens is 222 g/mol. The number of hydrogen-bond acceptors (Lipinski definition) is 3. The van der Waals surface area contributed by atoms with Crippen molar-refractivity contribution in [2.24, 2.45) is 0 Å². The highest BCUT2D eigenvalue weighted by atomic mass is 16.4. The summed E-state index contributed by atoms with van der Waals surface area (Å²) in [6.07, 6.45) is 5.30. The van der Waals surface area contributed by atoms with Gasteiger partial charge in [-0.2, -0.15) is 0 Å². The molecule has 2 atom stereocenters. The fourth-order valence-corrected chi connectivity index (χ4v) is 1.88. The first-order chi connectivity index (χ1) is 8.00. The molecule has 0 aliphatic heterocycles. The predicted octanol–water partition coefficient (Wildman–Crippen LogP) is 0.827. The summed E-state index contributed by atoms with van der Waals surface area (Å²) >= 11 is 0. The molecule has 0 aromatic rings. The molecule has 0 aromatic heterocycles. The Labute approximate surface area is 101 Å². The summed E-state index contributed by atoms with van der Waals surface area (Å²) in [5, 5.41) is 20.4. The van der Waals surface area contributed by atoms with E-state index >= 15 is 0 Å². The minimum absolute atomic E-state index is 0.233. The average Bonchev–Trinajstić information content (AvgIpc) is 2.26. The van der Waals surface area contributed by atoms with Crippen LogP contribution in [0.4, 0.5) is 0 Å². The third kappa shape index (κ3) is 4.56. The molecule has 1 aliphatic rings. The highest BCUT2D eigenvalue weighted by molar-refractivity contribution is 5.85. The lowest BCUT2D eigenvalue weighted by Gasteiger charge is -2.18. The van der Waals surface area contributed by atoms with Crippen molar-refractivity contribution in [3.63, 3.8) is 0 Å². The molecule has 17 heavy (non-hydrogen) atoms. The van der Waals surface area contributed by atoms with Gasteiger partial charge in [0.05, 0.1) is 6.10 Å². The number of carbonyl (C=O) groups excluding carboxylic acids is 1. The zero-order chi connectivity index (χ0) is 12.8. The number of carboxylic acid groups (broad SMARTS) is 1. The highest BCUT2D eigenvalue weighted by Gasteiger charge is 2.25. The van der Waals surface area contributed by atoms with Crippen LogP contribution in [0.2, 0.25) is 0 Å². The summed E-state index contributed by atoms with van der Waals surface area (Å²) in [7, 11) is 0. The molecule has 0 radical (unpaired) electrons. The Bertz CT molecular complexity index is 322. The third-order valence-corrected chi connectivity index (χ3v) is 2.84. The van der Waals surface area contributed by atoms with Crippen LogP contribution in [0.5, 0.6) is 0 Å². The van der Waals surface area contributed by atoms with Gasteiger partial charge < -0.3 is 15.5 Å². The zero-order valence-corrected chi connectivity index (χ0v) is 9.98. The maximum atomic E-state index is 11.6. The van der Waals surface area contributed by atoms with E-state index < -0.39 is 18.1 Å². The Hall–Kier alpha value is -1.36. The Kier molecular flexibility index (Phi) is 5.15. The van der Waals surface area contributed by atoms with Crippen LogP contribution in [0.25, 0.3) is 0 Å². The monoisotopic (exact) mass is 241 g/mol. The van der Waals surface area contributed by atoms with E-state index in [0.29, 0.717) is 0 Å². The molecule has 0 bridgehead atoms. The molecule has 1 aliphatic carbocycles. The first kappa shape index (κ1) is 13.7. The second-order valence-electron chi connectivity index (χ2n) is 4.41. The molecule has 3 N–H and O–H groups in total. The lowest BCUT2D eigenvalue weighted by molar-refractivity contribution is -0.144. The number of aliphatic hydroxyl groups is 1. The molecule has 0 aromatic carbocycles. The van der Waals surface area contributed by atoms with Crippen LogP contribution in [0.3, 0.4) is 0 Å². The Morgan fingerprint density at radius 3 is 2.65 bits per heavy atom. The lowest BCUT2D eigenvalue weighted by atomic mass is 9.97. The van der Waals surface area contributed by atoms with E-state index in [1.165, 1.54) is 6.92 Å².